The molecule has 168 valence electrons. The van der Waals surface area contributed by atoms with Gasteiger partial charge in [-0.25, -0.2) is 4.98 Å². The molecule has 0 bridgehead atoms. The second kappa shape index (κ2) is 11.6. The third-order valence-electron chi connectivity index (χ3n) is 4.81. The maximum Gasteiger partial charge on any atom is 0.203 e. The van der Waals surface area contributed by atoms with Gasteiger partial charge < -0.3 is 29.2 Å². The fraction of sp³-hybridized carbons (Fsp3) is 0.364. The molecule has 2 heterocycles. The molecule has 0 atom stereocenters. The van der Waals surface area contributed by atoms with Crippen molar-refractivity contribution in [1.29, 1.82) is 0 Å². The molecule has 3 rings (SSSR count). The first-order chi connectivity index (χ1) is 14.6. The van der Waals surface area contributed by atoms with Crippen LogP contribution in [0.4, 0.5) is 0 Å². The number of aryl methyl sites for hydroxylation is 1. The van der Waals surface area contributed by atoms with Crippen LogP contribution in [0.15, 0.2) is 41.7 Å². The standard InChI is InChI=1S/C22H29N5O3.HI/c1-15-7-6-10-27-14-17(26-21(15)27)8-9-24-22(23-2)25-13-16-11-18(28-3)20(30-5)19(12-16)29-4;/h6-7,10-12,14H,8-9,13H2,1-5H3,(H2,23,24,25);1H. The van der Waals surface area contributed by atoms with E-state index in [-0.39, 0.29) is 24.0 Å². The fourth-order valence-corrected chi connectivity index (χ4v) is 3.28. The summed E-state index contributed by atoms with van der Waals surface area (Å²) in [5.41, 5.74) is 4.19. The lowest BCUT2D eigenvalue weighted by Gasteiger charge is -2.15. The lowest BCUT2D eigenvalue weighted by atomic mass is 10.2. The number of ether oxygens (including phenoxy) is 3. The fourth-order valence-electron chi connectivity index (χ4n) is 3.28. The normalized spacial score (nSPS) is 11.1. The van der Waals surface area contributed by atoms with Crippen LogP contribution in [-0.4, -0.2) is 50.3 Å². The maximum absolute atomic E-state index is 5.41. The first-order valence-electron chi connectivity index (χ1n) is 9.76. The Morgan fingerprint density at radius 2 is 1.81 bits per heavy atom. The zero-order valence-corrected chi connectivity index (χ0v) is 20.9. The van der Waals surface area contributed by atoms with Crippen LogP contribution in [0.25, 0.3) is 5.65 Å². The van der Waals surface area contributed by atoms with E-state index in [1.165, 1.54) is 5.56 Å². The second-order valence-corrected chi connectivity index (χ2v) is 6.79. The van der Waals surface area contributed by atoms with E-state index < -0.39 is 0 Å². The summed E-state index contributed by atoms with van der Waals surface area (Å²) in [6.07, 6.45) is 4.88. The van der Waals surface area contributed by atoms with Crippen LogP contribution < -0.4 is 24.8 Å². The van der Waals surface area contributed by atoms with Crippen molar-refractivity contribution in [1.82, 2.24) is 20.0 Å². The van der Waals surface area contributed by atoms with Gasteiger partial charge in [-0.05, 0) is 36.2 Å². The van der Waals surface area contributed by atoms with Crippen LogP contribution in [0.5, 0.6) is 17.2 Å². The number of hydrogen-bond donors (Lipinski definition) is 2. The van der Waals surface area contributed by atoms with Gasteiger partial charge in [0.1, 0.15) is 5.65 Å². The minimum atomic E-state index is 0. The molecule has 0 aliphatic rings. The number of methoxy groups -OCH3 is 3. The van der Waals surface area contributed by atoms with E-state index in [1.807, 2.05) is 24.4 Å². The highest BCUT2D eigenvalue weighted by molar-refractivity contribution is 14.0. The number of imidazole rings is 1. The number of halogens is 1. The minimum Gasteiger partial charge on any atom is -0.493 e. The molecule has 0 unspecified atom stereocenters. The van der Waals surface area contributed by atoms with Gasteiger partial charge in [0.2, 0.25) is 5.75 Å². The Morgan fingerprint density at radius 3 is 2.39 bits per heavy atom. The number of hydrogen-bond acceptors (Lipinski definition) is 5. The van der Waals surface area contributed by atoms with Gasteiger partial charge in [-0.1, -0.05) is 6.07 Å². The zero-order chi connectivity index (χ0) is 21.5. The first-order valence-corrected chi connectivity index (χ1v) is 9.76. The topological polar surface area (TPSA) is 81.4 Å². The summed E-state index contributed by atoms with van der Waals surface area (Å²) in [4.78, 5) is 9.00. The van der Waals surface area contributed by atoms with E-state index in [9.17, 15) is 0 Å². The number of rotatable bonds is 8. The van der Waals surface area contributed by atoms with E-state index in [0.29, 0.717) is 29.8 Å². The van der Waals surface area contributed by atoms with Crippen LogP contribution in [0.2, 0.25) is 0 Å². The van der Waals surface area contributed by atoms with E-state index >= 15 is 0 Å². The van der Waals surface area contributed by atoms with Gasteiger partial charge >= 0.3 is 0 Å². The first kappa shape index (κ1) is 24.6. The monoisotopic (exact) mass is 539 g/mol. The average Bonchev–Trinajstić information content (AvgIpc) is 3.19. The van der Waals surface area contributed by atoms with Gasteiger partial charge in [-0.2, -0.15) is 0 Å². The van der Waals surface area contributed by atoms with Crippen molar-refractivity contribution in [2.24, 2.45) is 4.99 Å². The van der Waals surface area contributed by atoms with Crippen LogP contribution >= 0.6 is 24.0 Å². The quantitative estimate of drug-likeness (QED) is 0.260. The largest absolute Gasteiger partial charge is 0.493 e. The predicted molar refractivity (Wildman–Crippen MR) is 133 cm³/mol. The molecule has 0 aliphatic heterocycles. The molecule has 0 fully saturated rings. The maximum atomic E-state index is 5.41. The lowest BCUT2D eigenvalue weighted by Crippen LogP contribution is -2.37. The van der Waals surface area contributed by atoms with Crippen molar-refractivity contribution >= 4 is 35.6 Å². The smallest absolute Gasteiger partial charge is 0.203 e. The van der Waals surface area contributed by atoms with E-state index in [2.05, 4.69) is 39.2 Å². The highest BCUT2D eigenvalue weighted by Crippen LogP contribution is 2.38. The second-order valence-electron chi connectivity index (χ2n) is 6.79. The molecule has 2 N–H and O–H groups in total. The van der Waals surface area contributed by atoms with Crippen LogP contribution in [0, 0.1) is 6.92 Å². The molecule has 31 heavy (non-hydrogen) atoms. The number of pyridine rings is 1. The van der Waals surface area contributed by atoms with Crippen molar-refractivity contribution in [3.63, 3.8) is 0 Å². The highest BCUT2D eigenvalue weighted by atomic mass is 127. The molecule has 9 heteroatoms. The molecule has 1 aromatic carbocycles. The predicted octanol–water partition coefficient (Wildman–Crippen LogP) is 3.19. The van der Waals surface area contributed by atoms with Gasteiger partial charge in [0, 0.05) is 39.0 Å². The molecule has 0 saturated heterocycles. The summed E-state index contributed by atoms with van der Waals surface area (Å²) < 4.78 is 18.3. The minimum absolute atomic E-state index is 0. The number of benzene rings is 1. The number of nitrogens with one attached hydrogen (secondary N) is 2. The zero-order valence-electron chi connectivity index (χ0n) is 18.6. The Balaban J connectivity index is 0.00000341. The molecular formula is C22H30IN5O3. The van der Waals surface area contributed by atoms with Gasteiger partial charge in [0.15, 0.2) is 17.5 Å². The number of nitrogens with zero attached hydrogens (tertiary/aromatic N) is 3. The molecule has 0 spiro atoms. The van der Waals surface area contributed by atoms with Gasteiger partial charge in [-0.3, -0.25) is 4.99 Å². The molecule has 0 saturated carbocycles. The average molecular weight is 539 g/mol. The van der Waals surface area contributed by atoms with Crippen LogP contribution in [0.1, 0.15) is 16.8 Å². The van der Waals surface area contributed by atoms with Crippen LogP contribution in [0.3, 0.4) is 0 Å². The Labute approximate surface area is 200 Å². The van der Waals surface area contributed by atoms with E-state index in [4.69, 9.17) is 19.2 Å². The molecule has 0 amide bonds. The summed E-state index contributed by atoms with van der Waals surface area (Å²) in [6, 6.07) is 7.93. The summed E-state index contributed by atoms with van der Waals surface area (Å²) in [5.74, 6) is 2.54. The number of aliphatic imine (C=N–C) groups is 1. The lowest BCUT2D eigenvalue weighted by molar-refractivity contribution is 0.323. The third-order valence-corrected chi connectivity index (χ3v) is 4.81. The third kappa shape index (κ3) is 5.93. The van der Waals surface area contributed by atoms with E-state index in [1.54, 1.807) is 28.4 Å². The molecule has 0 radical (unpaired) electrons. The Morgan fingerprint density at radius 1 is 1.10 bits per heavy atom. The van der Waals surface area contributed by atoms with Gasteiger partial charge in [0.25, 0.3) is 0 Å². The van der Waals surface area contributed by atoms with Crippen molar-refractivity contribution in [2.75, 3.05) is 34.9 Å². The summed E-state index contributed by atoms with van der Waals surface area (Å²) in [7, 11) is 6.55. The van der Waals surface area contributed by atoms with E-state index in [0.717, 1.165) is 29.9 Å². The Bertz CT molecular complexity index is 1010. The van der Waals surface area contributed by atoms with Crippen molar-refractivity contribution < 1.29 is 14.2 Å². The molecular weight excluding hydrogens is 509 g/mol. The highest BCUT2D eigenvalue weighted by Gasteiger charge is 2.13. The van der Waals surface area contributed by atoms with Gasteiger partial charge in [0.05, 0.1) is 27.0 Å². The summed E-state index contributed by atoms with van der Waals surface area (Å²) in [5, 5.41) is 6.64. The van der Waals surface area contributed by atoms with Crippen LogP contribution in [-0.2, 0) is 13.0 Å². The van der Waals surface area contributed by atoms with Crippen molar-refractivity contribution in [2.45, 2.75) is 19.9 Å². The molecule has 2 aromatic heterocycles. The number of guanidine groups is 1. The Hall–Kier alpha value is -2.69. The molecule has 8 nitrogen and oxygen atoms in total. The SMILES string of the molecule is CN=C(NCCc1cn2cccc(C)c2n1)NCc1cc(OC)c(OC)c(OC)c1.I. The van der Waals surface area contributed by atoms with Crippen molar-refractivity contribution in [3.05, 3.63) is 53.5 Å². The van der Waals surface area contributed by atoms with Crippen molar-refractivity contribution in [3.8, 4) is 17.2 Å². The molecule has 0 aliphatic carbocycles. The number of fused-ring (bicyclic) bond motifs is 1. The Kier molecular flexibility index (Phi) is 9.22. The summed E-state index contributed by atoms with van der Waals surface area (Å²) >= 11 is 0. The van der Waals surface area contributed by atoms with Gasteiger partial charge in [-0.15, -0.1) is 24.0 Å². The molecule has 3 aromatic rings. The summed E-state index contributed by atoms with van der Waals surface area (Å²) in [6.45, 7) is 3.35. The number of aromatic nitrogens is 2.